The minimum absolute atomic E-state index is 0.0274. The minimum atomic E-state index is -0.481. The van der Waals surface area contributed by atoms with Crippen molar-refractivity contribution in [3.8, 4) is 5.75 Å². The molecule has 0 aliphatic heterocycles. The van der Waals surface area contributed by atoms with Gasteiger partial charge in [-0.25, -0.2) is 5.43 Å². The number of phenols is 1. The van der Waals surface area contributed by atoms with Crippen molar-refractivity contribution in [2.24, 2.45) is 5.10 Å². The first-order valence-corrected chi connectivity index (χ1v) is 8.55. The van der Waals surface area contributed by atoms with Crippen LogP contribution in [-0.2, 0) is 0 Å². The summed E-state index contributed by atoms with van der Waals surface area (Å²) in [7, 11) is 0. The van der Waals surface area contributed by atoms with Crippen molar-refractivity contribution in [3.05, 3.63) is 67.5 Å². The van der Waals surface area contributed by atoms with Gasteiger partial charge in [0.2, 0.25) is 0 Å². The van der Waals surface area contributed by atoms with Gasteiger partial charge < -0.3 is 5.11 Å². The number of benzene rings is 2. The monoisotopic (exact) mass is 419 g/mol. The van der Waals surface area contributed by atoms with E-state index in [1.165, 1.54) is 35.8 Å². The lowest BCUT2D eigenvalue weighted by Gasteiger charge is -1.99. The predicted molar refractivity (Wildman–Crippen MR) is 99.3 cm³/mol. The molecule has 0 fully saturated rings. The van der Waals surface area contributed by atoms with Crippen LogP contribution < -0.4 is 5.43 Å². The summed E-state index contributed by atoms with van der Waals surface area (Å²) in [4.78, 5) is 22.9. The lowest BCUT2D eigenvalue weighted by molar-refractivity contribution is -0.384. The topological polar surface area (TPSA) is 105 Å². The van der Waals surface area contributed by atoms with Crippen LogP contribution in [0, 0.1) is 10.1 Å². The number of fused-ring (bicyclic) bond motifs is 1. The van der Waals surface area contributed by atoms with Crippen LogP contribution in [0.15, 0.2) is 52.0 Å². The molecule has 0 aliphatic rings. The molecule has 3 aromatic rings. The smallest absolute Gasteiger partial charge is 0.281 e. The molecule has 1 heterocycles. The average Bonchev–Trinajstić information content (AvgIpc) is 3.01. The van der Waals surface area contributed by atoms with Crippen LogP contribution in [0.4, 0.5) is 5.69 Å². The number of phenolic OH excluding ortho intramolecular Hbond substituents is 1. The Kier molecular flexibility index (Phi) is 4.77. The number of hydrogen-bond donors (Lipinski definition) is 2. The van der Waals surface area contributed by atoms with Gasteiger partial charge in [-0.3, -0.25) is 14.9 Å². The molecule has 9 heteroatoms. The van der Waals surface area contributed by atoms with Gasteiger partial charge in [-0.2, -0.15) is 5.10 Å². The zero-order valence-electron chi connectivity index (χ0n) is 12.5. The normalized spacial score (nSPS) is 11.1. The highest BCUT2D eigenvalue weighted by atomic mass is 79.9. The van der Waals surface area contributed by atoms with Gasteiger partial charge in [-0.05, 0) is 30.3 Å². The van der Waals surface area contributed by atoms with E-state index >= 15 is 0 Å². The molecule has 0 saturated heterocycles. The number of carbonyl (C=O) groups excluding carboxylic acids is 1. The van der Waals surface area contributed by atoms with Crippen molar-refractivity contribution >= 4 is 55.2 Å². The van der Waals surface area contributed by atoms with Crippen LogP contribution in [0.3, 0.4) is 0 Å². The summed E-state index contributed by atoms with van der Waals surface area (Å²) < 4.78 is 1.54. The first kappa shape index (κ1) is 17.1. The number of rotatable bonds is 4. The van der Waals surface area contributed by atoms with E-state index in [0.717, 1.165) is 9.17 Å². The fourth-order valence-corrected chi connectivity index (χ4v) is 3.41. The number of amides is 1. The van der Waals surface area contributed by atoms with Crippen LogP contribution in [-0.4, -0.2) is 22.2 Å². The van der Waals surface area contributed by atoms with Gasteiger partial charge in [0.15, 0.2) is 0 Å². The first-order chi connectivity index (χ1) is 11.9. The Morgan fingerprint density at radius 3 is 2.84 bits per heavy atom. The zero-order valence-corrected chi connectivity index (χ0v) is 14.9. The third kappa shape index (κ3) is 3.83. The van der Waals surface area contributed by atoms with Gasteiger partial charge in [-0.15, -0.1) is 11.3 Å². The summed E-state index contributed by atoms with van der Waals surface area (Å²) in [6, 6.07) is 10.9. The number of carbonyl (C=O) groups is 1. The summed E-state index contributed by atoms with van der Waals surface area (Å²) in [6.45, 7) is 0. The van der Waals surface area contributed by atoms with Gasteiger partial charge in [0.1, 0.15) is 5.75 Å². The lowest BCUT2D eigenvalue weighted by Crippen LogP contribution is -2.16. The minimum Gasteiger partial charge on any atom is -0.507 e. The molecule has 2 N–H and O–H groups in total. The van der Waals surface area contributed by atoms with Gasteiger partial charge in [0, 0.05) is 32.3 Å². The summed E-state index contributed by atoms with van der Waals surface area (Å²) in [5.74, 6) is -0.398. The van der Waals surface area contributed by atoms with E-state index in [9.17, 15) is 20.0 Å². The lowest BCUT2D eigenvalue weighted by atomic mass is 10.2. The largest absolute Gasteiger partial charge is 0.507 e. The van der Waals surface area contributed by atoms with E-state index in [2.05, 4.69) is 26.5 Å². The number of halogens is 1. The summed E-state index contributed by atoms with van der Waals surface area (Å²) in [6.07, 6.45) is 1.33. The molecule has 7 nitrogen and oxygen atoms in total. The number of thiophene rings is 1. The zero-order chi connectivity index (χ0) is 18.0. The van der Waals surface area contributed by atoms with Crippen LogP contribution in [0.5, 0.6) is 5.75 Å². The average molecular weight is 420 g/mol. The number of nitro benzene ring substituents is 1. The molecule has 2 aromatic carbocycles. The summed E-state index contributed by atoms with van der Waals surface area (Å²) in [5, 5.41) is 25.0. The maximum atomic E-state index is 12.2. The molecule has 126 valence electrons. The molecule has 25 heavy (non-hydrogen) atoms. The Labute approximate surface area is 153 Å². The molecule has 0 atom stereocenters. The van der Waals surface area contributed by atoms with E-state index in [1.54, 1.807) is 24.3 Å². The van der Waals surface area contributed by atoms with Crippen molar-refractivity contribution in [1.82, 2.24) is 5.43 Å². The maximum Gasteiger partial charge on any atom is 0.281 e. The molecule has 0 spiro atoms. The van der Waals surface area contributed by atoms with Crippen LogP contribution >= 0.6 is 27.3 Å². The van der Waals surface area contributed by atoms with Crippen molar-refractivity contribution in [1.29, 1.82) is 0 Å². The summed E-state index contributed by atoms with van der Waals surface area (Å²) >= 11 is 4.50. The highest BCUT2D eigenvalue weighted by Crippen LogP contribution is 2.29. The third-order valence-corrected chi connectivity index (χ3v) is 4.90. The molecule has 0 bridgehead atoms. The van der Waals surface area contributed by atoms with Crippen molar-refractivity contribution in [2.75, 3.05) is 0 Å². The van der Waals surface area contributed by atoms with E-state index in [0.29, 0.717) is 15.8 Å². The van der Waals surface area contributed by atoms with E-state index in [4.69, 9.17) is 0 Å². The molecular weight excluding hydrogens is 410 g/mol. The van der Waals surface area contributed by atoms with Crippen molar-refractivity contribution in [2.45, 2.75) is 0 Å². The Morgan fingerprint density at radius 1 is 1.28 bits per heavy atom. The van der Waals surface area contributed by atoms with Gasteiger partial charge >= 0.3 is 0 Å². The standard InChI is InChI=1S/C16H10BrN3O4S/c17-11-1-3-13(21)10(5-11)8-18-19-16(22)15-7-9-6-12(20(23)24)2-4-14(9)25-15/h1-8,21H,(H,19,22). The fraction of sp³-hybridized carbons (Fsp3) is 0. The van der Waals surface area contributed by atoms with E-state index < -0.39 is 10.8 Å². The van der Waals surface area contributed by atoms with Gasteiger partial charge in [0.05, 0.1) is 16.0 Å². The molecule has 0 unspecified atom stereocenters. The number of nitrogens with zero attached hydrogens (tertiary/aromatic N) is 2. The molecule has 0 radical (unpaired) electrons. The second-order valence-corrected chi connectivity index (χ2v) is 6.99. The number of aromatic hydroxyl groups is 1. The Bertz CT molecular complexity index is 1020. The molecule has 0 aliphatic carbocycles. The maximum absolute atomic E-state index is 12.2. The van der Waals surface area contributed by atoms with E-state index in [1.807, 2.05) is 0 Å². The number of nitrogens with one attached hydrogen (secondary N) is 1. The Morgan fingerprint density at radius 2 is 2.08 bits per heavy atom. The number of non-ortho nitro benzene ring substituents is 1. The number of nitro groups is 1. The summed E-state index contributed by atoms with van der Waals surface area (Å²) in [5.41, 5.74) is 2.79. The Balaban J connectivity index is 1.77. The molecule has 1 amide bonds. The van der Waals surface area contributed by atoms with Gasteiger partial charge in [0.25, 0.3) is 11.6 Å². The van der Waals surface area contributed by atoms with Crippen LogP contribution in [0.2, 0.25) is 0 Å². The second kappa shape index (κ2) is 6.99. The van der Waals surface area contributed by atoms with E-state index in [-0.39, 0.29) is 11.4 Å². The van der Waals surface area contributed by atoms with Gasteiger partial charge in [-0.1, -0.05) is 15.9 Å². The quantitative estimate of drug-likeness (QED) is 0.378. The first-order valence-electron chi connectivity index (χ1n) is 6.94. The molecule has 3 rings (SSSR count). The van der Waals surface area contributed by atoms with Crippen molar-refractivity contribution < 1.29 is 14.8 Å². The fourth-order valence-electron chi connectivity index (χ4n) is 2.10. The highest BCUT2D eigenvalue weighted by Gasteiger charge is 2.13. The third-order valence-electron chi connectivity index (χ3n) is 3.29. The highest BCUT2D eigenvalue weighted by molar-refractivity contribution is 9.10. The van der Waals surface area contributed by atoms with Crippen LogP contribution in [0.1, 0.15) is 15.2 Å². The molecule has 0 saturated carbocycles. The Hall–Kier alpha value is -2.78. The predicted octanol–water partition coefficient (Wildman–Crippen LogP) is 4.04. The molecular formula is C16H10BrN3O4S. The van der Waals surface area contributed by atoms with Crippen LogP contribution in [0.25, 0.3) is 10.1 Å². The van der Waals surface area contributed by atoms with Crippen molar-refractivity contribution in [3.63, 3.8) is 0 Å². The molecule has 1 aromatic heterocycles. The second-order valence-electron chi connectivity index (χ2n) is 4.99. The SMILES string of the molecule is O=C(NN=Cc1cc(Br)ccc1O)c1cc2cc([N+](=O)[O-])ccc2s1. The number of hydrogen-bond acceptors (Lipinski definition) is 6. The number of hydrazone groups is 1.